The minimum Gasteiger partial charge on any atom is -0.481 e. The number of aliphatic carboxylic acids is 1. The van der Waals surface area contributed by atoms with E-state index in [1.54, 1.807) is 0 Å². The first-order valence-corrected chi connectivity index (χ1v) is 9.94. The van der Waals surface area contributed by atoms with E-state index in [0.717, 1.165) is 44.9 Å². The monoisotopic (exact) mass is 352 g/mol. The van der Waals surface area contributed by atoms with E-state index in [-0.39, 0.29) is 35.9 Å². The Bertz CT molecular complexity index is 578. The highest BCUT2D eigenvalue weighted by Gasteiger charge is 2.68. The normalized spacial score (nSPS) is 54.6. The topological polar surface area (TPSA) is 98.0 Å². The van der Waals surface area contributed by atoms with Crippen molar-refractivity contribution in [3.8, 4) is 0 Å². The van der Waals surface area contributed by atoms with Crippen LogP contribution in [0, 0.1) is 34.0 Å². The van der Waals surface area contributed by atoms with Crippen LogP contribution >= 0.6 is 0 Å². The van der Waals surface area contributed by atoms with Gasteiger partial charge in [-0.2, -0.15) is 0 Å². The van der Waals surface area contributed by atoms with Crippen molar-refractivity contribution in [2.45, 2.75) is 70.3 Å². The van der Waals surface area contributed by atoms with Crippen LogP contribution in [0.5, 0.6) is 0 Å². The fourth-order valence-electron chi connectivity index (χ4n) is 8.13. The molecule has 5 nitrogen and oxygen atoms in total. The van der Waals surface area contributed by atoms with Crippen LogP contribution in [0.3, 0.4) is 0 Å². The predicted molar refractivity (Wildman–Crippen MR) is 91.8 cm³/mol. The maximum atomic E-state index is 12.1. The van der Waals surface area contributed by atoms with E-state index >= 15 is 0 Å². The number of rotatable bonds is 3. The highest BCUT2D eigenvalue weighted by molar-refractivity contribution is 5.75. The molecule has 0 aromatic heterocycles. The Hall–Kier alpha value is -0.650. The number of aliphatic hydroxyl groups excluding tert-OH is 2. The Balaban J connectivity index is 1.73. The van der Waals surface area contributed by atoms with Gasteiger partial charge in [-0.15, -0.1) is 0 Å². The molecule has 4 N–H and O–H groups in total. The summed E-state index contributed by atoms with van der Waals surface area (Å²) in [4.78, 5) is 12.1. The lowest BCUT2D eigenvalue weighted by Crippen LogP contribution is -2.60. The van der Waals surface area contributed by atoms with Crippen LogP contribution in [-0.4, -0.2) is 45.2 Å². The Morgan fingerprint density at radius 1 is 1.04 bits per heavy atom. The maximum Gasteiger partial charge on any atom is 0.312 e. The number of hydrogen-bond acceptors (Lipinski definition) is 4. The highest BCUT2D eigenvalue weighted by Crippen LogP contribution is 2.72. The zero-order chi connectivity index (χ0) is 18.1. The molecule has 0 amide bonds. The molecule has 4 fully saturated rings. The second-order valence-electron chi connectivity index (χ2n) is 9.90. The zero-order valence-electron chi connectivity index (χ0n) is 15.2. The molecule has 4 rings (SSSR count). The van der Waals surface area contributed by atoms with E-state index in [9.17, 15) is 25.2 Å². The summed E-state index contributed by atoms with van der Waals surface area (Å²) in [6.07, 6.45) is 7.74. The molecule has 7 atom stereocenters. The molecule has 142 valence electrons. The van der Waals surface area contributed by atoms with Gasteiger partial charge < -0.3 is 20.4 Å². The van der Waals surface area contributed by atoms with Gasteiger partial charge in [0.1, 0.15) is 0 Å². The molecule has 4 saturated carbocycles. The molecular weight excluding hydrogens is 320 g/mol. The van der Waals surface area contributed by atoms with Crippen LogP contribution < -0.4 is 0 Å². The number of carboxylic acid groups (broad SMARTS) is 1. The summed E-state index contributed by atoms with van der Waals surface area (Å²) >= 11 is 0. The first-order chi connectivity index (χ1) is 11.8. The van der Waals surface area contributed by atoms with Crippen LogP contribution in [0.4, 0.5) is 0 Å². The van der Waals surface area contributed by atoms with Gasteiger partial charge >= 0.3 is 5.97 Å². The molecule has 0 radical (unpaired) electrons. The summed E-state index contributed by atoms with van der Waals surface area (Å²) in [5.74, 6) is -0.263. The first-order valence-electron chi connectivity index (χ1n) is 9.94. The molecule has 2 bridgehead atoms. The van der Waals surface area contributed by atoms with E-state index in [1.165, 1.54) is 0 Å². The molecule has 0 aliphatic heterocycles. The van der Waals surface area contributed by atoms with Gasteiger partial charge in [0.05, 0.1) is 24.2 Å². The molecule has 4 aliphatic carbocycles. The van der Waals surface area contributed by atoms with Crippen molar-refractivity contribution >= 4 is 5.97 Å². The van der Waals surface area contributed by atoms with Crippen molar-refractivity contribution in [3.63, 3.8) is 0 Å². The van der Waals surface area contributed by atoms with Crippen molar-refractivity contribution < 1.29 is 25.2 Å². The van der Waals surface area contributed by atoms with Crippen LogP contribution in [0.2, 0.25) is 0 Å². The second kappa shape index (κ2) is 5.43. The lowest BCUT2D eigenvalue weighted by Gasteiger charge is -2.63. The van der Waals surface area contributed by atoms with Crippen LogP contribution in [0.25, 0.3) is 0 Å². The van der Waals surface area contributed by atoms with Gasteiger partial charge in [-0.1, -0.05) is 13.3 Å². The number of hydrogen-bond donors (Lipinski definition) is 4. The standard InChI is InChI=1S/C20H32O5/c1-17-6-2-7-19(11-21,16(23)24)15(17)5-8-18-9-13(3-4-14(17)18)20(25,10-18)12-22/h13-15,21-22,25H,2-12H2,1H3,(H,23,24)/t13-,14-,15-,17-,18-,19-,20-/m0/s1. The van der Waals surface area contributed by atoms with Crippen LogP contribution in [-0.2, 0) is 4.79 Å². The molecule has 25 heavy (non-hydrogen) atoms. The van der Waals surface area contributed by atoms with E-state index in [1.807, 2.05) is 0 Å². The summed E-state index contributed by atoms with van der Waals surface area (Å²) in [7, 11) is 0. The summed E-state index contributed by atoms with van der Waals surface area (Å²) in [5.41, 5.74) is -2.00. The zero-order valence-corrected chi connectivity index (χ0v) is 15.2. The highest BCUT2D eigenvalue weighted by atomic mass is 16.4. The fraction of sp³-hybridized carbons (Fsp3) is 0.950. The van der Waals surface area contributed by atoms with Gasteiger partial charge in [0.25, 0.3) is 0 Å². The molecule has 0 aromatic carbocycles. The van der Waals surface area contributed by atoms with Crippen molar-refractivity contribution in [2.24, 2.45) is 34.0 Å². The third kappa shape index (κ3) is 2.09. The largest absolute Gasteiger partial charge is 0.481 e. The molecule has 5 heteroatoms. The lowest BCUT2D eigenvalue weighted by molar-refractivity contribution is -0.191. The molecule has 4 aliphatic rings. The van der Waals surface area contributed by atoms with E-state index < -0.39 is 17.0 Å². The molecule has 1 spiro atoms. The fourth-order valence-corrected chi connectivity index (χ4v) is 8.13. The molecule has 0 heterocycles. The van der Waals surface area contributed by atoms with E-state index in [2.05, 4.69) is 6.92 Å². The van der Waals surface area contributed by atoms with Crippen molar-refractivity contribution in [1.29, 1.82) is 0 Å². The van der Waals surface area contributed by atoms with Gasteiger partial charge in [-0.05, 0) is 80.0 Å². The Morgan fingerprint density at radius 2 is 1.80 bits per heavy atom. The smallest absolute Gasteiger partial charge is 0.312 e. The Labute approximate surface area is 149 Å². The SMILES string of the molecule is C[C@@]12CCC[C@@](CO)(C(=O)O)[C@H]1CC[C@@]13C[C@H](CC[C@H]12)[C@@](O)(CO)C3. The number of carbonyl (C=O) groups is 1. The quantitative estimate of drug-likeness (QED) is 0.624. The van der Waals surface area contributed by atoms with Gasteiger partial charge in [0, 0.05) is 0 Å². The van der Waals surface area contributed by atoms with Crippen molar-refractivity contribution in [3.05, 3.63) is 0 Å². The Kier molecular flexibility index (Phi) is 3.85. The van der Waals surface area contributed by atoms with Gasteiger partial charge in [0.2, 0.25) is 0 Å². The maximum absolute atomic E-state index is 12.1. The second-order valence-corrected chi connectivity index (χ2v) is 9.90. The molecular formula is C20H32O5. The van der Waals surface area contributed by atoms with Crippen molar-refractivity contribution in [2.75, 3.05) is 13.2 Å². The summed E-state index contributed by atoms with van der Waals surface area (Å²) < 4.78 is 0. The van der Waals surface area contributed by atoms with Crippen LogP contribution in [0.15, 0.2) is 0 Å². The van der Waals surface area contributed by atoms with E-state index in [0.29, 0.717) is 18.8 Å². The van der Waals surface area contributed by atoms with Crippen molar-refractivity contribution in [1.82, 2.24) is 0 Å². The predicted octanol–water partition coefficient (Wildman–Crippen LogP) is 2.18. The number of aliphatic hydroxyl groups is 3. The Morgan fingerprint density at radius 3 is 2.44 bits per heavy atom. The molecule has 0 unspecified atom stereocenters. The third-order valence-corrected chi connectivity index (χ3v) is 9.12. The number of fused-ring (bicyclic) bond motifs is 3. The molecule has 0 saturated heterocycles. The summed E-state index contributed by atoms with van der Waals surface area (Å²) in [6.45, 7) is 1.82. The minimum atomic E-state index is -1.00. The van der Waals surface area contributed by atoms with E-state index in [4.69, 9.17) is 0 Å². The first kappa shape index (κ1) is 17.7. The average Bonchev–Trinajstić information content (AvgIpc) is 2.79. The third-order valence-electron chi connectivity index (χ3n) is 9.12. The average molecular weight is 352 g/mol. The minimum absolute atomic E-state index is 0.00578. The van der Waals surface area contributed by atoms with Crippen LogP contribution in [0.1, 0.15) is 64.7 Å². The van der Waals surface area contributed by atoms with Gasteiger partial charge in [0.15, 0.2) is 0 Å². The molecule has 0 aromatic rings. The summed E-state index contributed by atoms with van der Waals surface area (Å²) in [6, 6.07) is 0. The lowest BCUT2D eigenvalue weighted by atomic mass is 9.41. The van der Waals surface area contributed by atoms with Gasteiger partial charge in [-0.25, -0.2) is 0 Å². The number of carboxylic acids is 1. The summed E-state index contributed by atoms with van der Waals surface area (Å²) in [5, 5.41) is 40.7. The van der Waals surface area contributed by atoms with Gasteiger partial charge in [-0.3, -0.25) is 4.79 Å².